The molecule has 3 rings (SSSR count). The molecule has 0 aliphatic rings. The van der Waals surface area contributed by atoms with Gasteiger partial charge in [-0.1, -0.05) is 32.0 Å². The Kier molecular flexibility index (Phi) is 5.60. The SMILES string of the molecule is COc1ccc(-c2cc(C(=O)OCC(C)C)c3ccccc3n2)cc1OC. The van der Waals surface area contributed by atoms with Gasteiger partial charge in [-0.3, -0.25) is 0 Å². The van der Waals surface area contributed by atoms with Gasteiger partial charge in [0.1, 0.15) is 0 Å². The zero-order chi connectivity index (χ0) is 19.4. The third-order valence-corrected chi connectivity index (χ3v) is 4.16. The average molecular weight is 365 g/mol. The number of aromatic nitrogens is 1. The highest BCUT2D eigenvalue weighted by atomic mass is 16.5. The highest BCUT2D eigenvalue weighted by molar-refractivity contribution is 6.04. The predicted octanol–water partition coefficient (Wildman–Crippen LogP) is 4.73. The number of hydrogen-bond acceptors (Lipinski definition) is 5. The molecule has 140 valence electrons. The second-order valence-electron chi connectivity index (χ2n) is 6.63. The molecule has 1 heterocycles. The van der Waals surface area contributed by atoms with Crippen molar-refractivity contribution in [1.82, 2.24) is 4.98 Å². The first-order valence-corrected chi connectivity index (χ1v) is 8.82. The van der Waals surface area contributed by atoms with Gasteiger partial charge < -0.3 is 14.2 Å². The van der Waals surface area contributed by atoms with Crippen molar-refractivity contribution in [2.45, 2.75) is 13.8 Å². The Morgan fingerprint density at radius 2 is 1.74 bits per heavy atom. The van der Waals surface area contributed by atoms with E-state index in [1.807, 2.05) is 56.3 Å². The zero-order valence-electron chi connectivity index (χ0n) is 16.0. The molecule has 5 heteroatoms. The first kappa shape index (κ1) is 18.7. The number of carbonyl (C=O) groups excluding carboxylic acids is 1. The van der Waals surface area contributed by atoms with Crippen LogP contribution in [0.4, 0.5) is 0 Å². The maximum absolute atomic E-state index is 12.7. The van der Waals surface area contributed by atoms with Gasteiger partial charge in [0.25, 0.3) is 0 Å². The van der Waals surface area contributed by atoms with Crippen LogP contribution in [-0.4, -0.2) is 31.8 Å². The summed E-state index contributed by atoms with van der Waals surface area (Å²) in [5, 5.41) is 0.774. The molecule has 27 heavy (non-hydrogen) atoms. The van der Waals surface area contributed by atoms with E-state index in [4.69, 9.17) is 19.2 Å². The zero-order valence-corrected chi connectivity index (χ0v) is 16.0. The highest BCUT2D eigenvalue weighted by Gasteiger charge is 2.16. The van der Waals surface area contributed by atoms with Crippen molar-refractivity contribution in [2.24, 2.45) is 5.92 Å². The molecule has 0 atom stereocenters. The molecule has 0 spiro atoms. The lowest BCUT2D eigenvalue weighted by atomic mass is 10.0. The number of ether oxygens (including phenoxy) is 3. The van der Waals surface area contributed by atoms with E-state index < -0.39 is 0 Å². The fraction of sp³-hybridized carbons (Fsp3) is 0.273. The predicted molar refractivity (Wildman–Crippen MR) is 105 cm³/mol. The van der Waals surface area contributed by atoms with Gasteiger partial charge in [-0.25, -0.2) is 9.78 Å². The van der Waals surface area contributed by atoms with Gasteiger partial charge in [-0.2, -0.15) is 0 Å². The Bertz CT molecular complexity index is 966. The fourth-order valence-electron chi connectivity index (χ4n) is 2.81. The standard InChI is InChI=1S/C22H23NO4/c1-14(2)13-27-22(24)17-12-19(23-18-8-6-5-7-16(17)18)15-9-10-20(25-3)21(11-15)26-4/h5-12,14H,13H2,1-4H3. The number of fused-ring (bicyclic) bond motifs is 1. The Morgan fingerprint density at radius 1 is 1.00 bits per heavy atom. The Labute approximate surface area is 158 Å². The molecule has 3 aromatic rings. The minimum atomic E-state index is -0.343. The number of rotatable bonds is 6. The molecule has 0 bridgehead atoms. The largest absolute Gasteiger partial charge is 0.493 e. The number of carbonyl (C=O) groups is 1. The van der Waals surface area contributed by atoms with Crippen LogP contribution in [0.3, 0.4) is 0 Å². The van der Waals surface area contributed by atoms with Crippen molar-refractivity contribution < 1.29 is 19.0 Å². The third kappa shape index (κ3) is 4.03. The maximum atomic E-state index is 12.7. The number of hydrogen-bond donors (Lipinski definition) is 0. The molecule has 0 saturated heterocycles. The molecule has 5 nitrogen and oxygen atoms in total. The molecule has 0 aliphatic heterocycles. The first-order chi connectivity index (χ1) is 13.0. The molecule has 2 aromatic carbocycles. The van der Waals surface area contributed by atoms with Crippen LogP contribution in [0, 0.1) is 5.92 Å². The lowest BCUT2D eigenvalue weighted by molar-refractivity contribution is 0.0461. The van der Waals surface area contributed by atoms with E-state index in [-0.39, 0.29) is 11.9 Å². The van der Waals surface area contributed by atoms with Crippen molar-refractivity contribution in [1.29, 1.82) is 0 Å². The van der Waals surface area contributed by atoms with Crippen molar-refractivity contribution in [2.75, 3.05) is 20.8 Å². The molecule has 0 aliphatic carbocycles. The molecule has 0 saturated carbocycles. The van der Waals surface area contributed by atoms with E-state index in [1.54, 1.807) is 20.3 Å². The van der Waals surface area contributed by atoms with E-state index in [0.29, 0.717) is 29.4 Å². The lowest BCUT2D eigenvalue weighted by Gasteiger charge is -2.13. The molecule has 0 fully saturated rings. The van der Waals surface area contributed by atoms with Gasteiger partial charge in [-0.15, -0.1) is 0 Å². The summed E-state index contributed by atoms with van der Waals surface area (Å²) >= 11 is 0. The molecule has 1 aromatic heterocycles. The normalized spacial score (nSPS) is 10.9. The number of nitrogens with zero attached hydrogens (tertiary/aromatic N) is 1. The highest BCUT2D eigenvalue weighted by Crippen LogP contribution is 2.33. The van der Waals surface area contributed by atoms with Gasteiger partial charge in [0, 0.05) is 10.9 Å². The van der Waals surface area contributed by atoms with E-state index in [0.717, 1.165) is 16.5 Å². The monoisotopic (exact) mass is 365 g/mol. The summed E-state index contributed by atoms with van der Waals surface area (Å²) in [6.45, 7) is 4.39. The van der Waals surface area contributed by atoms with Crippen LogP contribution in [-0.2, 0) is 4.74 Å². The molecule has 0 amide bonds. The Hall–Kier alpha value is -3.08. The topological polar surface area (TPSA) is 57.7 Å². The van der Waals surface area contributed by atoms with Crippen molar-refractivity contribution in [3.63, 3.8) is 0 Å². The maximum Gasteiger partial charge on any atom is 0.338 e. The quantitative estimate of drug-likeness (QED) is 0.591. The average Bonchev–Trinajstić information content (AvgIpc) is 2.70. The molecule has 0 radical (unpaired) electrons. The summed E-state index contributed by atoms with van der Waals surface area (Å²) in [6.07, 6.45) is 0. The fourth-order valence-corrected chi connectivity index (χ4v) is 2.81. The van der Waals surface area contributed by atoms with E-state index in [9.17, 15) is 4.79 Å². The molecule has 0 N–H and O–H groups in total. The third-order valence-electron chi connectivity index (χ3n) is 4.16. The minimum absolute atomic E-state index is 0.271. The van der Waals surface area contributed by atoms with Gasteiger partial charge in [-0.05, 0) is 36.2 Å². The van der Waals surface area contributed by atoms with Gasteiger partial charge in [0.15, 0.2) is 11.5 Å². The van der Waals surface area contributed by atoms with Crippen LogP contribution in [0.15, 0.2) is 48.5 Å². The lowest BCUT2D eigenvalue weighted by Crippen LogP contribution is -2.11. The van der Waals surface area contributed by atoms with Crippen LogP contribution >= 0.6 is 0 Å². The Balaban J connectivity index is 2.10. The second kappa shape index (κ2) is 8.08. The number of benzene rings is 2. The summed E-state index contributed by atoms with van der Waals surface area (Å²) in [5.74, 6) is 1.17. The van der Waals surface area contributed by atoms with E-state index in [1.165, 1.54) is 0 Å². The summed E-state index contributed by atoms with van der Waals surface area (Å²) in [4.78, 5) is 17.4. The molecular weight excluding hydrogens is 342 g/mol. The van der Waals surface area contributed by atoms with Crippen molar-refractivity contribution >= 4 is 16.9 Å². The number of esters is 1. The molecule has 0 unspecified atom stereocenters. The second-order valence-corrected chi connectivity index (χ2v) is 6.63. The van der Waals surface area contributed by atoms with Crippen LogP contribution < -0.4 is 9.47 Å². The first-order valence-electron chi connectivity index (χ1n) is 8.82. The van der Waals surface area contributed by atoms with Crippen molar-refractivity contribution in [3.8, 4) is 22.8 Å². The number of methoxy groups -OCH3 is 2. The summed E-state index contributed by atoms with van der Waals surface area (Å²) in [6, 6.07) is 14.9. The summed E-state index contributed by atoms with van der Waals surface area (Å²) in [7, 11) is 3.18. The minimum Gasteiger partial charge on any atom is -0.493 e. The van der Waals surface area contributed by atoms with E-state index in [2.05, 4.69) is 0 Å². The van der Waals surface area contributed by atoms with Crippen LogP contribution in [0.2, 0.25) is 0 Å². The molecular formula is C22H23NO4. The van der Waals surface area contributed by atoms with Gasteiger partial charge in [0.2, 0.25) is 0 Å². The smallest absolute Gasteiger partial charge is 0.338 e. The van der Waals surface area contributed by atoms with E-state index >= 15 is 0 Å². The van der Waals surface area contributed by atoms with Crippen LogP contribution in [0.1, 0.15) is 24.2 Å². The van der Waals surface area contributed by atoms with Gasteiger partial charge >= 0.3 is 5.97 Å². The van der Waals surface area contributed by atoms with Crippen LogP contribution in [0.25, 0.3) is 22.2 Å². The number of para-hydroxylation sites is 1. The number of pyridine rings is 1. The summed E-state index contributed by atoms with van der Waals surface area (Å²) in [5.41, 5.74) is 2.75. The van der Waals surface area contributed by atoms with Crippen LogP contribution in [0.5, 0.6) is 11.5 Å². The van der Waals surface area contributed by atoms with Gasteiger partial charge in [0.05, 0.1) is 37.6 Å². The summed E-state index contributed by atoms with van der Waals surface area (Å²) < 4.78 is 16.1. The van der Waals surface area contributed by atoms with Crippen molar-refractivity contribution in [3.05, 3.63) is 54.1 Å². The Morgan fingerprint density at radius 3 is 2.44 bits per heavy atom.